The van der Waals surface area contributed by atoms with Gasteiger partial charge in [0.15, 0.2) is 0 Å². The van der Waals surface area contributed by atoms with E-state index in [2.05, 4.69) is 21.2 Å². The third kappa shape index (κ3) is 5.22. The largest absolute Gasteiger partial charge is 0.467 e. The molecule has 7 heteroatoms. The van der Waals surface area contributed by atoms with Crippen molar-refractivity contribution >= 4 is 22.0 Å². The highest BCUT2D eigenvalue weighted by atomic mass is 79.9. The van der Waals surface area contributed by atoms with Gasteiger partial charge in [-0.3, -0.25) is 0 Å². The van der Waals surface area contributed by atoms with Crippen LogP contribution in [0.25, 0.3) is 0 Å². The van der Waals surface area contributed by atoms with Crippen LogP contribution in [-0.2, 0) is 16.0 Å². The van der Waals surface area contributed by atoms with Crippen LogP contribution >= 0.6 is 15.9 Å². The minimum absolute atomic E-state index is 0.250. The van der Waals surface area contributed by atoms with Crippen molar-refractivity contribution in [2.45, 2.75) is 51.4 Å². The second-order valence-electron chi connectivity index (χ2n) is 7.15. The maximum Gasteiger partial charge on any atom is 0.410 e. The Balaban J connectivity index is 1.82. The Hall–Kier alpha value is -1.05. The molecule has 1 amide bonds. The van der Waals surface area contributed by atoms with Crippen LogP contribution in [0.4, 0.5) is 4.79 Å². The van der Waals surface area contributed by atoms with Crippen LogP contribution in [0.5, 0.6) is 0 Å². The van der Waals surface area contributed by atoms with Crippen LogP contribution in [0.2, 0.25) is 0 Å². The van der Waals surface area contributed by atoms with Crippen molar-refractivity contribution in [3.8, 4) is 0 Å². The lowest BCUT2D eigenvalue weighted by Gasteiger charge is -2.41. The fourth-order valence-electron chi connectivity index (χ4n) is 2.73. The first-order chi connectivity index (χ1) is 11.2. The first-order valence-corrected chi connectivity index (χ1v) is 9.00. The van der Waals surface area contributed by atoms with Gasteiger partial charge in [-0.05, 0) is 55.6 Å². The van der Waals surface area contributed by atoms with E-state index in [4.69, 9.17) is 13.9 Å². The Bertz CT molecular complexity index is 545. The third-order valence-corrected chi connectivity index (χ3v) is 4.89. The Morgan fingerprint density at radius 3 is 2.58 bits per heavy atom. The normalized spacial score (nSPS) is 17.8. The van der Waals surface area contributed by atoms with Crippen LogP contribution < -0.4 is 5.32 Å². The first-order valence-electron chi connectivity index (χ1n) is 8.20. The van der Waals surface area contributed by atoms with Gasteiger partial charge in [0.25, 0.3) is 0 Å². The van der Waals surface area contributed by atoms with Gasteiger partial charge in [0.2, 0.25) is 0 Å². The van der Waals surface area contributed by atoms with Gasteiger partial charge < -0.3 is 24.1 Å². The fraction of sp³-hybridized carbons (Fsp3) is 0.706. The van der Waals surface area contributed by atoms with Crippen molar-refractivity contribution in [2.24, 2.45) is 0 Å². The summed E-state index contributed by atoms with van der Waals surface area (Å²) >= 11 is 3.45. The number of amides is 1. The molecule has 0 unspecified atom stereocenters. The van der Waals surface area contributed by atoms with E-state index in [0.29, 0.717) is 26.2 Å². The Morgan fingerprint density at radius 2 is 2.08 bits per heavy atom. The van der Waals surface area contributed by atoms with E-state index < -0.39 is 5.60 Å². The molecular formula is C17H27BrN2O4. The molecule has 0 spiro atoms. The number of nitrogens with one attached hydrogen (secondary N) is 1. The van der Waals surface area contributed by atoms with E-state index in [1.54, 1.807) is 18.3 Å². The average molecular weight is 403 g/mol. The molecule has 1 N–H and O–H groups in total. The topological polar surface area (TPSA) is 63.9 Å². The van der Waals surface area contributed by atoms with Crippen molar-refractivity contribution in [1.29, 1.82) is 0 Å². The molecular weight excluding hydrogens is 376 g/mol. The number of methoxy groups -OCH3 is 1. The highest BCUT2D eigenvalue weighted by Gasteiger charge is 2.37. The van der Waals surface area contributed by atoms with Gasteiger partial charge in [-0.1, -0.05) is 0 Å². The molecule has 0 radical (unpaired) electrons. The second kappa shape index (κ2) is 7.89. The minimum atomic E-state index is -0.467. The van der Waals surface area contributed by atoms with E-state index in [-0.39, 0.29) is 11.7 Å². The highest BCUT2D eigenvalue weighted by molar-refractivity contribution is 9.10. The second-order valence-corrected chi connectivity index (χ2v) is 8.00. The van der Waals surface area contributed by atoms with Gasteiger partial charge in [0.05, 0.1) is 22.9 Å². The maximum atomic E-state index is 12.1. The molecule has 1 saturated heterocycles. The van der Waals surface area contributed by atoms with Crippen LogP contribution in [0.1, 0.15) is 39.4 Å². The van der Waals surface area contributed by atoms with E-state index in [9.17, 15) is 4.79 Å². The standard InChI is InChI=1S/C17H27BrN2O4/c1-16(2,3)24-15(21)20-8-6-17(22-4,7-9-20)12-19-11-14-13(18)5-10-23-14/h5,10,19H,6-9,11-12H2,1-4H3. The SMILES string of the molecule is COC1(CNCc2occc2Br)CCN(C(=O)OC(C)(C)C)CC1. The molecule has 1 aliphatic rings. The zero-order valence-corrected chi connectivity index (χ0v) is 16.4. The molecule has 136 valence electrons. The smallest absolute Gasteiger partial charge is 0.410 e. The number of carbonyl (C=O) groups is 1. The van der Waals surface area contributed by atoms with Gasteiger partial charge in [0, 0.05) is 26.7 Å². The Labute approximate surface area is 152 Å². The lowest BCUT2D eigenvalue weighted by Crippen LogP contribution is -2.53. The molecule has 1 fully saturated rings. The summed E-state index contributed by atoms with van der Waals surface area (Å²) in [5, 5.41) is 3.39. The molecule has 0 aliphatic carbocycles. The third-order valence-electron chi connectivity index (χ3n) is 4.18. The average Bonchev–Trinajstić information content (AvgIpc) is 2.91. The fourth-order valence-corrected chi connectivity index (χ4v) is 3.07. The lowest BCUT2D eigenvalue weighted by atomic mass is 9.91. The summed E-state index contributed by atoms with van der Waals surface area (Å²) in [5.74, 6) is 0.868. The summed E-state index contributed by atoms with van der Waals surface area (Å²) in [6.07, 6.45) is 2.95. The maximum absolute atomic E-state index is 12.1. The van der Waals surface area contributed by atoms with Gasteiger partial charge in [0.1, 0.15) is 11.4 Å². The summed E-state index contributed by atoms with van der Waals surface area (Å²) in [4.78, 5) is 13.9. The lowest BCUT2D eigenvalue weighted by molar-refractivity contribution is -0.0589. The van der Waals surface area contributed by atoms with E-state index in [1.165, 1.54) is 0 Å². The van der Waals surface area contributed by atoms with Gasteiger partial charge in [-0.15, -0.1) is 0 Å². The highest BCUT2D eigenvalue weighted by Crippen LogP contribution is 2.27. The van der Waals surface area contributed by atoms with Gasteiger partial charge in [-0.25, -0.2) is 4.79 Å². The van der Waals surface area contributed by atoms with Crippen LogP contribution in [0, 0.1) is 0 Å². The predicted octanol–water partition coefficient (Wildman–Crippen LogP) is 3.55. The number of rotatable bonds is 5. The van der Waals surface area contributed by atoms with E-state index in [1.807, 2.05) is 26.8 Å². The van der Waals surface area contributed by atoms with E-state index >= 15 is 0 Å². The zero-order chi connectivity index (χ0) is 17.8. The number of furan rings is 1. The summed E-state index contributed by atoms with van der Waals surface area (Å²) in [6.45, 7) is 8.25. The van der Waals surface area contributed by atoms with Crippen LogP contribution in [0.3, 0.4) is 0 Å². The van der Waals surface area contributed by atoms with Crippen LogP contribution in [-0.4, -0.2) is 48.9 Å². The van der Waals surface area contributed by atoms with Crippen LogP contribution in [0.15, 0.2) is 21.2 Å². The van der Waals surface area contributed by atoms with E-state index in [0.717, 1.165) is 23.1 Å². The molecule has 24 heavy (non-hydrogen) atoms. The monoisotopic (exact) mass is 402 g/mol. The molecule has 0 bridgehead atoms. The van der Waals surface area contributed by atoms with Crippen molar-refractivity contribution in [3.05, 3.63) is 22.6 Å². The Kier molecular flexibility index (Phi) is 6.33. The number of hydrogen-bond donors (Lipinski definition) is 1. The number of nitrogens with zero attached hydrogens (tertiary/aromatic N) is 1. The molecule has 0 saturated carbocycles. The Morgan fingerprint density at radius 1 is 1.42 bits per heavy atom. The minimum Gasteiger partial charge on any atom is -0.467 e. The molecule has 2 rings (SSSR count). The number of carbonyl (C=O) groups excluding carboxylic acids is 1. The molecule has 1 aliphatic heterocycles. The molecule has 1 aromatic heterocycles. The molecule has 1 aromatic rings. The molecule has 6 nitrogen and oxygen atoms in total. The summed E-state index contributed by atoms with van der Waals surface area (Å²) in [5.41, 5.74) is -0.734. The number of halogens is 1. The van der Waals surface area contributed by atoms with Gasteiger partial charge >= 0.3 is 6.09 Å². The van der Waals surface area contributed by atoms with Gasteiger partial charge in [-0.2, -0.15) is 0 Å². The quantitative estimate of drug-likeness (QED) is 0.815. The summed E-state index contributed by atoms with van der Waals surface area (Å²) in [6, 6.07) is 1.88. The molecule has 0 aromatic carbocycles. The number of piperidine rings is 1. The van der Waals surface area contributed by atoms with Crippen molar-refractivity contribution < 1.29 is 18.7 Å². The molecule has 0 atom stereocenters. The molecule has 2 heterocycles. The summed E-state index contributed by atoms with van der Waals surface area (Å²) < 4.78 is 17.6. The number of ether oxygens (including phenoxy) is 2. The first kappa shape index (κ1) is 19.3. The number of hydrogen-bond acceptors (Lipinski definition) is 5. The summed E-state index contributed by atoms with van der Waals surface area (Å²) in [7, 11) is 1.73. The van der Waals surface area contributed by atoms with Crippen molar-refractivity contribution in [3.63, 3.8) is 0 Å². The van der Waals surface area contributed by atoms with Crippen molar-refractivity contribution in [1.82, 2.24) is 10.2 Å². The zero-order valence-electron chi connectivity index (χ0n) is 14.9. The predicted molar refractivity (Wildman–Crippen MR) is 94.9 cm³/mol. The van der Waals surface area contributed by atoms with Crippen molar-refractivity contribution in [2.75, 3.05) is 26.7 Å². The number of likely N-dealkylation sites (tertiary alicyclic amines) is 1.